The Balaban J connectivity index is 1.73. The number of nitrogens with zero attached hydrogens (tertiary/aromatic N) is 1. The minimum absolute atomic E-state index is 0.0582. The average Bonchev–Trinajstić information content (AvgIpc) is 3.25. The molecule has 7 heteroatoms. The fourth-order valence-corrected chi connectivity index (χ4v) is 4.30. The summed E-state index contributed by atoms with van der Waals surface area (Å²) in [7, 11) is 0. The molecule has 2 aliphatic rings. The van der Waals surface area contributed by atoms with Gasteiger partial charge in [0.2, 0.25) is 5.91 Å². The highest BCUT2D eigenvalue weighted by molar-refractivity contribution is 6.02. The van der Waals surface area contributed by atoms with Crippen LogP contribution < -0.4 is 15.2 Å². The Bertz CT molecular complexity index is 935. The van der Waals surface area contributed by atoms with Crippen molar-refractivity contribution in [1.82, 2.24) is 9.88 Å². The lowest BCUT2D eigenvalue weighted by atomic mass is 9.92. The molecule has 3 heterocycles. The fraction of sp³-hybridized carbons (Fsp3) is 0.524. The fourth-order valence-electron chi connectivity index (χ4n) is 4.30. The highest BCUT2D eigenvalue weighted by atomic mass is 16.5. The van der Waals surface area contributed by atoms with Gasteiger partial charge >= 0.3 is 0 Å². The van der Waals surface area contributed by atoms with E-state index in [4.69, 9.17) is 15.2 Å². The van der Waals surface area contributed by atoms with Gasteiger partial charge in [-0.2, -0.15) is 0 Å². The molecule has 7 nitrogen and oxygen atoms in total. The molecule has 0 unspecified atom stereocenters. The summed E-state index contributed by atoms with van der Waals surface area (Å²) in [5.74, 6) is 0.784. The lowest BCUT2D eigenvalue weighted by Gasteiger charge is -2.36. The molecule has 3 atom stereocenters. The molecule has 0 radical (unpaired) electrons. The minimum atomic E-state index is -0.347. The number of piperidine rings is 1. The molecule has 1 fully saturated rings. The first-order chi connectivity index (χ1) is 13.4. The predicted octanol–water partition coefficient (Wildman–Crippen LogP) is 2.62. The maximum Gasteiger partial charge on any atom is 0.270 e. The Morgan fingerprint density at radius 1 is 1.32 bits per heavy atom. The molecule has 0 saturated carbocycles. The monoisotopic (exact) mass is 385 g/mol. The summed E-state index contributed by atoms with van der Waals surface area (Å²) in [4.78, 5) is 29.9. The zero-order valence-corrected chi connectivity index (χ0v) is 16.6. The summed E-state index contributed by atoms with van der Waals surface area (Å²) in [6.07, 6.45) is 2.40. The minimum Gasteiger partial charge on any atom is -0.493 e. The third-order valence-corrected chi connectivity index (χ3v) is 5.81. The third kappa shape index (κ3) is 3.08. The van der Waals surface area contributed by atoms with Crippen molar-refractivity contribution in [2.45, 2.75) is 52.2 Å². The largest absolute Gasteiger partial charge is 0.493 e. The van der Waals surface area contributed by atoms with Gasteiger partial charge in [-0.3, -0.25) is 9.59 Å². The molecular formula is C21H27N3O4. The van der Waals surface area contributed by atoms with Crippen LogP contribution in [0.2, 0.25) is 0 Å². The van der Waals surface area contributed by atoms with Gasteiger partial charge in [-0.15, -0.1) is 0 Å². The molecule has 0 aliphatic carbocycles. The number of rotatable bonds is 4. The molecular weight excluding hydrogens is 358 g/mol. The van der Waals surface area contributed by atoms with E-state index in [0.29, 0.717) is 18.8 Å². The number of fused-ring (bicyclic) bond motifs is 3. The Morgan fingerprint density at radius 2 is 2.11 bits per heavy atom. The first-order valence-corrected chi connectivity index (χ1v) is 9.97. The van der Waals surface area contributed by atoms with E-state index in [0.717, 1.165) is 47.2 Å². The van der Waals surface area contributed by atoms with Gasteiger partial charge in [0.15, 0.2) is 0 Å². The molecule has 3 N–H and O–H groups in total. The maximum atomic E-state index is 13.2. The van der Waals surface area contributed by atoms with Crippen LogP contribution >= 0.6 is 0 Å². The topological polar surface area (TPSA) is 97.7 Å². The molecule has 0 bridgehead atoms. The Labute approximate surface area is 164 Å². The van der Waals surface area contributed by atoms with Gasteiger partial charge in [0.05, 0.1) is 18.0 Å². The number of hydrogen-bond donors (Lipinski definition) is 2. The van der Waals surface area contributed by atoms with Crippen molar-refractivity contribution in [2.75, 3.05) is 13.2 Å². The second-order valence-electron chi connectivity index (χ2n) is 7.88. The number of aromatic amines is 1. The SMILES string of the molecule is CCOc1cc2c(c3[nH]c(C(=O)N4C[C@H](C(N)=O)CC[C@H]4C)cc13)O[C@@H](C)C2. The van der Waals surface area contributed by atoms with Crippen molar-refractivity contribution in [1.29, 1.82) is 0 Å². The van der Waals surface area contributed by atoms with E-state index >= 15 is 0 Å². The lowest BCUT2D eigenvalue weighted by Crippen LogP contribution is -2.48. The lowest BCUT2D eigenvalue weighted by molar-refractivity contribution is -0.123. The number of primary amides is 1. The first kappa shape index (κ1) is 18.7. The quantitative estimate of drug-likeness (QED) is 0.845. The van der Waals surface area contributed by atoms with Gasteiger partial charge in [-0.25, -0.2) is 0 Å². The number of ether oxygens (including phenoxy) is 2. The van der Waals surface area contributed by atoms with Gasteiger partial charge in [-0.05, 0) is 45.7 Å². The number of nitrogens with one attached hydrogen (secondary N) is 1. The zero-order chi connectivity index (χ0) is 20.0. The van der Waals surface area contributed by atoms with E-state index in [9.17, 15) is 9.59 Å². The standard InChI is InChI=1S/C21H27N3O4/c1-4-27-17-8-14-7-12(3)28-19(14)18-15(17)9-16(23-18)21(26)24-10-13(20(22)25)6-5-11(24)2/h8-9,11-13,23H,4-7,10H2,1-3H3,(H2,22,25)/t11-,12+,13-/m1/s1. The zero-order valence-electron chi connectivity index (χ0n) is 16.6. The molecule has 4 rings (SSSR count). The summed E-state index contributed by atoms with van der Waals surface area (Å²) in [6, 6.07) is 3.90. The van der Waals surface area contributed by atoms with E-state index in [1.165, 1.54) is 0 Å². The van der Waals surface area contributed by atoms with Gasteiger partial charge in [0, 0.05) is 30.0 Å². The van der Waals surface area contributed by atoms with Gasteiger partial charge in [0.25, 0.3) is 5.91 Å². The molecule has 1 aromatic carbocycles. The van der Waals surface area contributed by atoms with Crippen molar-refractivity contribution >= 4 is 22.7 Å². The molecule has 2 amide bonds. The van der Waals surface area contributed by atoms with Crippen molar-refractivity contribution < 1.29 is 19.1 Å². The Hall–Kier alpha value is -2.70. The van der Waals surface area contributed by atoms with Crippen molar-refractivity contribution in [2.24, 2.45) is 11.7 Å². The molecule has 28 heavy (non-hydrogen) atoms. The number of H-pyrrole nitrogens is 1. The van der Waals surface area contributed by atoms with Crippen LogP contribution in [0.25, 0.3) is 10.9 Å². The van der Waals surface area contributed by atoms with Crippen molar-refractivity contribution in [3.05, 3.63) is 23.4 Å². The maximum absolute atomic E-state index is 13.2. The second kappa shape index (κ2) is 7.04. The number of amides is 2. The molecule has 0 spiro atoms. The molecule has 1 aromatic heterocycles. The summed E-state index contributed by atoms with van der Waals surface area (Å²) in [5, 5.41) is 0.842. The van der Waals surface area contributed by atoms with Crippen LogP contribution in [0.5, 0.6) is 11.5 Å². The summed E-state index contributed by atoms with van der Waals surface area (Å²) >= 11 is 0. The Kier molecular flexibility index (Phi) is 4.69. The van der Waals surface area contributed by atoms with Crippen LogP contribution in [-0.2, 0) is 11.2 Å². The van der Waals surface area contributed by atoms with Crippen molar-refractivity contribution in [3.63, 3.8) is 0 Å². The van der Waals surface area contributed by atoms with Gasteiger partial charge < -0.3 is 25.1 Å². The number of aromatic nitrogens is 1. The van der Waals surface area contributed by atoms with Crippen LogP contribution in [0.1, 0.15) is 49.7 Å². The van der Waals surface area contributed by atoms with Crippen molar-refractivity contribution in [3.8, 4) is 11.5 Å². The predicted molar refractivity (Wildman–Crippen MR) is 106 cm³/mol. The number of carbonyl (C=O) groups is 2. The second-order valence-corrected chi connectivity index (χ2v) is 7.88. The van der Waals surface area contributed by atoms with Crippen LogP contribution in [0.15, 0.2) is 12.1 Å². The number of nitrogens with two attached hydrogens (primary N) is 1. The highest BCUT2D eigenvalue weighted by Crippen LogP contribution is 2.41. The Morgan fingerprint density at radius 3 is 2.82 bits per heavy atom. The summed E-state index contributed by atoms with van der Waals surface area (Å²) < 4.78 is 11.8. The third-order valence-electron chi connectivity index (χ3n) is 5.81. The van der Waals surface area contributed by atoms with E-state index in [-0.39, 0.29) is 29.9 Å². The van der Waals surface area contributed by atoms with Gasteiger partial charge in [0.1, 0.15) is 23.3 Å². The van der Waals surface area contributed by atoms with E-state index < -0.39 is 0 Å². The smallest absolute Gasteiger partial charge is 0.270 e. The van der Waals surface area contributed by atoms with Gasteiger partial charge in [-0.1, -0.05) is 0 Å². The van der Waals surface area contributed by atoms with Crippen LogP contribution in [-0.4, -0.2) is 47.0 Å². The average molecular weight is 385 g/mol. The van der Waals surface area contributed by atoms with E-state index in [1.54, 1.807) is 4.90 Å². The molecule has 1 saturated heterocycles. The number of carbonyl (C=O) groups excluding carboxylic acids is 2. The molecule has 2 aromatic rings. The number of hydrogen-bond acceptors (Lipinski definition) is 4. The highest BCUT2D eigenvalue weighted by Gasteiger charge is 2.33. The first-order valence-electron chi connectivity index (χ1n) is 9.97. The summed E-state index contributed by atoms with van der Waals surface area (Å²) in [6.45, 7) is 6.87. The normalized spacial score (nSPS) is 24.1. The molecule has 150 valence electrons. The van der Waals surface area contributed by atoms with E-state index in [1.807, 2.05) is 32.9 Å². The molecule has 2 aliphatic heterocycles. The summed E-state index contributed by atoms with van der Waals surface area (Å²) in [5.41, 5.74) is 7.84. The van der Waals surface area contributed by atoms with E-state index in [2.05, 4.69) is 4.98 Å². The van der Waals surface area contributed by atoms with Crippen LogP contribution in [0.3, 0.4) is 0 Å². The van der Waals surface area contributed by atoms with Crippen LogP contribution in [0, 0.1) is 5.92 Å². The van der Waals surface area contributed by atoms with Crippen LogP contribution in [0.4, 0.5) is 0 Å². The number of likely N-dealkylation sites (tertiary alicyclic amines) is 1. The number of benzene rings is 1.